The molecule has 0 aromatic heterocycles. The highest BCUT2D eigenvalue weighted by Gasteiger charge is 2.51. The molecule has 0 amide bonds. The van der Waals surface area contributed by atoms with Gasteiger partial charge in [-0.05, 0) is 30.3 Å². The molecule has 2 saturated heterocycles. The standard InChI is InChI=1S/C12H16O2/c1-2-8-11-5-13-3-9(11)7(1)10-4-14-6-12(8)10/h7,9-11H,1-6H2. The van der Waals surface area contributed by atoms with Crippen LogP contribution in [0, 0.1) is 23.7 Å². The summed E-state index contributed by atoms with van der Waals surface area (Å²) in [5.41, 5.74) is 3.41. The Bertz CT molecular complexity index is 307. The van der Waals surface area contributed by atoms with Crippen molar-refractivity contribution in [1.82, 2.24) is 0 Å². The van der Waals surface area contributed by atoms with Gasteiger partial charge in [0.05, 0.1) is 26.4 Å². The number of ether oxygens (including phenoxy) is 2. The fourth-order valence-corrected chi connectivity index (χ4v) is 4.19. The fourth-order valence-electron chi connectivity index (χ4n) is 4.19. The molecule has 5 aliphatic rings. The maximum absolute atomic E-state index is 5.66. The van der Waals surface area contributed by atoms with Gasteiger partial charge < -0.3 is 9.47 Å². The second kappa shape index (κ2) is 2.61. The Kier molecular flexibility index (Phi) is 1.47. The van der Waals surface area contributed by atoms with Gasteiger partial charge in [-0.1, -0.05) is 5.57 Å². The highest BCUT2D eigenvalue weighted by atomic mass is 16.5. The van der Waals surface area contributed by atoms with Gasteiger partial charge in [-0.15, -0.1) is 0 Å². The van der Waals surface area contributed by atoms with Crippen LogP contribution in [0.5, 0.6) is 0 Å². The van der Waals surface area contributed by atoms with Gasteiger partial charge in [-0.2, -0.15) is 0 Å². The summed E-state index contributed by atoms with van der Waals surface area (Å²) in [4.78, 5) is 0. The molecule has 3 aliphatic carbocycles. The largest absolute Gasteiger partial charge is 0.380 e. The molecule has 76 valence electrons. The van der Waals surface area contributed by atoms with E-state index in [1.165, 1.54) is 12.8 Å². The lowest BCUT2D eigenvalue weighted by atomic mass is 9.58. The van der Waals surface area contributed by atoms with Gasteiger partial charge >= 0.3 is 0 Å². The van der Waals surface area contributed by atoms with Crippen LogP contribution >= 0.6 is 0 Å². The lowest BCUT2D eigenvalue weighted by Gasteiger charge is -2.44. The van der Waals surface area contributed by atoms with Crippen molar-refractivity contribution in [1.29, 1.82) is 0 Å². The van der Waals surface area contributed by atoms with Crippen LogP contribution in [0.15, 0.2) is 11.1 Å². The Labute approximate surface area is 84.3 Å². The molecule has 2 nitrogen and oxygen atoms in total. The highest BCUT2D eigenvalue weighted by Crippen LogP contribution is 2.55. The Morgan fingerprint density at radius 2 is 1.71 bits per heavy atom. The third-order valence-corrected chi connectivity index (χ3v) is 4.80. The van der Waals surface area contributed by atoms with E-state index < -0.39 is 0 Å². The van der Waals surface area contributed by atoms with Gasteiger partial charge in [-0.25, -0.2) is 0 Å². The predicted molar refractivity (Wildman–Crippen MR) is 51.9 cm³/mol. The Hall–Kier alpha value is -0.340. The first-order valence-electron chi connectivity index (χ1n) is 5.82. The second-order valence-corrected chi connectivity index (χ2v) is 5.18. The number of hydrogen-bond acceptors (Lipinski definition) is 2. The van der Waals surface area contributed by atoms with E-state index in [-0.39, 0.29) is 0 Å². The first-order valence-corrected chi connectivity index (χ1v) is 5.82. The lowest BCUT2D eigenvalue weighted by molar-refractivity contribution is 0.116. The van der Waals surface area contributed by atoms with Crippen molar-refractivity contribution in [2.75, 3.05) is 26.4 Å². The van der Waals surface area contributed by atoms with Gasteiger partial charge in [0, 0.05) is 11.8 Å². The van der Waals surface area contributed by atoms with E-state index in [4.69, 9.17) is 9.47 Å². The van der Waals surface area contributed by atoms with Crippen LogP contribution in [-0.2, 0) is 9.47 Å². The van der Waals surface area contributed by atoms with Gasteiger partial charge in [0.15, 0.2) is 0 Å². The van der Waals surface area contributed by atoms with Crippen LogP contribution in [0.3, 0.4) is 0 Å². The summed E-state index contributed by atoms with van der Waals surface area (Å²) in [6.45, 7) is 3.93. The summed E-state index contributed by atoms with van der Waals surface area (Å²) in [7, 11) is 0. The summed E-state index contributed by atoms with van der Waals surface area (Å²) in [5.74, 6) is 3.29. The first-order chi connectivity index (χ1) is 6.95. The zero-order chi connectivity index (χ0) is 9.12. The van der Waals surface area contributed by atoms with E-state index in [1.807, 2.05) is 0 Å². The molecule has 5 rings (SSSR count). The quantitative estimate of drug-likeness (QED) is 0.543. The van der Waals surface area contributed by atoms with E-state index in [9.17, 15) is 0 Å². The maximum Gasteiger partial charge on any atom is 0.0683 e. The Balaban J connectivity index is 1.85. The van der Waals surface area contributed by atoms with Crippen molar-refractivity contribution in [2.45, 2.75) is 12.8 Å². The highest BCUT2D eigenvalue weighted by molar-refractivity contribution is 5.32. The van der Waals surface area contributed by atoms with Crippen molar-refractivity contribution >= 4 is 0 Å². The van der Waals surface area contributed by atoms with Crippen molar-refractivity contribution in [2.24, 2.45) is 23.7 Å². The third kappa shape index (κ3) is 0.801. The minimum Gasteiger partial charge on any atom is -0.380 e. The zero-order valence-corrected chi connectivity index (χ0v) is 8.37. The average molecular weight is 192 g/mol. The molecule has 0 radical (unpaired) electrons. The van der Waals surface area contributed by atoms with Crippen LogP contribution in [0.4, 0.5) is 0 Å². The van der Waals surface area contributed by atoms with Gasteiger partial charge in [0.2, 0.25) is 0 Å². The maximum atomic E-state index is 5.66. The average Bonchev–Trinajstić information content (AvgIpc) is 2.88. The molecular formula is C12H16O2. The van der Waals surface area contributed by atoms with E-state index >= 15 is 0 Å². The summed E-state index contributed by atoms with van der Waals surface area (Å²) in [6, 6.07) is 0. The summed E-state index contributed by atoms with van der Waals surface area (Å²) >= 11 is 0. The van der Waals surface area contributed by atoms with E-state index in [2.05, 4.69) is 0 Å². The van der Waals surface area contributed by atoms with Gasteiger partial charge in [-0.3, -0.25) is 0 Å². The summed E-state index contributed by atoms with van der Waals surface area (Å²) < 4.78 is 11.3. The molecule has 0 N–H and O–H groups in total. The van der Waals surface area contributed by atoms with Crippen LogP contribution in [0.2, 0.25) is 0 Å². The van der Waals surface area contributed by atoms with E-state index in [0.717, 1.165) is 50.1 Å². The summed E-state index contributed by atoms with van der Waals surface area (Å²) in [5, 5.41) is 0. The second-order valence-electron chi connectivity index (χ2n) is 5.18. The SMILES string of the molecule is C1CC2C3COCC3=C1C1COCC12. The predicted octanol–water partition coefficient (Wildman–Crippen LogP) is 1.62. The molecule has 0 aromatic rings. The molecular weight excluding hydrogens is 176 g/mol. The number of rotatable bonds is 0. The minimum absolute atomic E-state index is 0.779. The van der Waals surface area contributed by atoms with Crippen LogP contribution in [0.1, 0.15) is 12.8 Å². The van der Waals surface area contributed by atoms with Gasteiger partial charge in [0.25, 0.3) is 0 Å². The van der Waals surface area contributed by atoms with Crippen LogP contribution in [-0.4, -0.2) is 26.4 Å². The Morgan fingerprint density at radius 3 is 2.71 bits per heavy atom. The van der Waals surface area contributed by atoms with Crippen molar-refractivity contribution < 1.29 is 9.47 Å². The van der Waals surface area contributed by atoms with E-state index in [0.29, 0.717) is 0 Å². The van der Waals surface area contributed by atoms with Crippen molar-refractivity contribution in [3.05, 3.63) is 11.1 Å². The smallest absolute Gasteiger partial charge is 0.0683 e. The molecule has 2 bridgehead atoms. The minimum atomic E-state index is 0.779. The van der Waals surface area contributed by atoms with E-state index in [1.54, 1.807) is 11.1 Å². The summed E-state index contributed by atoms with van der Waals surface area (Å²) in [6.07, 6.45) is 2.74. The molecule has 0 aromatic carbocycles. The lowest BCUT2D eigenvalue weighted by Crippen LogP contribution is -2.40. The van der Waals surface area contributed by atoms with Crippen molar-refractivity contribution in [3.63, 3.8) is 0 Å². The third-order valence-electron chi connectivity index (χ3n) is 4.80. The molecule has 4 unspecified atom stereocenters. The zero-order valence-electron chi connectivity index (χ0n) is 8.37. The van der Waals surface area contributed by atoms with Gasteiger partial charge in [0.1, 0.15) is 0 Å². The Morgan fingerprint density at radius 1 is 0.857 bits per heavy atom. The molecule has 0 spiro atoms. The van der Waals surface area contributed by atoms with Crippen LogP contribution in [0.25, 0.3) is 0 Å². The topological polar surface area (TPSA) is 18.5 Å². The fraction of sp³-hybridized carbons (Fsp3) is 0.833. The molecule has 3 fully saturated rings. The molecule has 14 heavy (non-hydrogen) atoms. The monoisotopic (exact) mass is 192 g/mol. The van der Waals surface area contributed by atoms with Crippen LogP contribution < -0.4 is 0 Å². The molecule has 2 heteroatoms. The number of hydrogen-bond donors (Lipinski definition) is 0. The number of fused-ring (bicyclic) bond motifs is 1. The molecule has 4 atom stereocenters. The normalized spacial score (nSPS) is 49.7. The first kappa shape index (κ1) is 7.89. The van der Waals surface area contributed by atoms with Crippen molar-refractivity contribution in [3.8, 4) is 0 Å². The molecule has 2 aliphatic heterocycles. The molecule has 2 heterocycles. The molecule has 1 saturated carbocycles.